The molecule has 0 bridgehead atoms. The number of fused-ring (bicyclic) bond motifs is 3. The van der Waals surface area contributed by atoms with Crippen LogP contribution in [0.2, 0.25) is 5.02 Å². The minimum absolute atomic E-state index is 0.0135. The smallest absolute Gasteiger partial charge is 0.322 e. The van der Waals surface area contributed by atoms with E-state index in [0.717, 1.165) is 11.1 Å². The van der Waals surface area contributed by atoms with E-state index in [1.165, 1.54) is 16.6 Å². The van der Waals surface area contributed by atoms with Gasteiger partial charge in [-0.2, -0.15) is 5.10 Å². The summed E-state index contributed by atoms with van der Waals surface area (Å²) in [5, 5.41) is 7.52. The molecule has 0 spiro atoms. The van der Waals surface area contributed by atoms with Gasteiger partial charge >= 0.3 is 6.03 Å². The zero-order chi connectivity index (χ0) is 25.4. The molecule has 0 aliphatic carbocycles. The number of nitrogens with zero attached hydrogens (tertiary/aromatic N) is 4. The van der Waals surface area contributed by atoms with Crippen molar-refractivity contribution in [3.05, 3.63) is 45.7 Å². The lowest BCUT2D eigenvalue weighted by molar-refractivity contribution is -0.169. The van der Waals surface area contributed by atoms with Crippen LogP contribution in [0, 0.1) is 11.6 Å². The molecule has 1 N–H and O–H groups in total. The molecule has 3 amide bonds. The van der Waals surface area contributed by atoms with E-state index < -0.39 is 42.7 Å². The standard InChI is InChI=1S/C21H22ClF4N5O4/c1-10-3-16-12(7-30(10)21(33)27-17-4-13(22)14(23)5-15(17)24)19-20(32)29(2)35-11(6-31(19)28-16)8-34-9-18(25)26/h4-5,10-11,18H,3,6-9H2,1-2H3,(H,27,33)/t10-,11-/m1/s1. The predicted octanol–water partition coefficient (Wildman–Crippen LogP) is 3.46. The van der Waals surface area contributed by atoms with E-state index >= 15 is 0 Å². The summed E-state index contributed by atoms with van der Waals surface area (Å²) >= 11 is 5.70. The summed E-state index contributed by atoms with van der Waals surface area (Å²) in [7, 11) is 1.38. The van der Waals surface area contributed by atoms with E-state index in [2.05, 4.69) is 10.4 Å². The number of rotatable bonds is 5. The largest absolute Gasteiger partial charge is 0.373 e. The van der Waals surface area contributed by atoms with E-state index in [1.54, 1.807) is 6.92 Å². The minimum Gasteiger partial charge on any atom is -0.373 e. The molecule has 0 unspecified atom stereocenters. The summed E-state index contributed by atoms with van der Waals surface area (Å²) in [4.78, 5) is 32.9. The number of benzene rings is 1. The van der Waals surface area contributed by atoms with Crippen molar-refractivity contribution in [3.8, 4) is 0 Å². The van der Waals surface area contributed by atoms with Crippen molar-refractivity contribution in [2.24, 2.45) is 0 Å². The van der Waals surface area contributed by atoms with Gasteiger partial charge in [0.2, 0.25) is 0 Å². The zero-order valence-corrected chi connectivity index (χ0v) is 19.5. The summed E-state index contributed by atoms with van der Waals surface area (Å²) in [6, 6.07) is 0.509. The van der Waals surface area contributed by atoms with Crippen LogP contribution >= 0.6 is 11.6 Å². The summed E-state index contributed by atoms with van der Waals surface area (Å²) < 4.78 is 58.8. The Bertz CT molecular complexity index is 1150. The Hall–Kier alpha value is -2.90. The number of hydrogen-bond acceptors (Lipinski definition) is 5. The van der Waals surface area contributed by atoms with Crippen LogP contribution in [0.15, 0.2) is 12.1 Å². The molecule has 2 aliphatic rings. The Morgan fingerprint density at radius 1 is 1.34 bits per heavy atom. The lowest BCUT2D eigenvalue weighted by atomic mass is 9.99. The van der Waals surface area contributed by atoms with Crippen LogP contribution in [-0.4, -0.2) is 70.5 Å². The highest BCUT2D eigenvalue weighted by Crippen LogP contribution is 2.30. The van der Waals surface area contributed by atoms with Gasteiger partial charge in [-0.15, -0.1) is 0 Å². The molecular formula is C21H22ClF4N5O4. The second-order valence-electron chi connectivity index (χ2n) is 8.27. The molecule has 0 saturated heterocycles. The number of hydrogen-bond donors (Lipinski definition) is 1. The van der Waals surface area contributed by atoms with E-state index in [0.29, 0.717) is 23.7 Å². The SMILES string of the molecule is C[C@@H]1Cc2nn3c(c2CN1C(=O)Nc1cc(Cl)c(F)cc1F)C(=O)N(C)O[C@@H](COCC(F)F)C3. The first kappa shape index (κ1) is 25.2. The molecule has 0 saturated carbocycles. The molecule has 4 rings (SSSR count). The van der Waals surface area contributed by atoms with Gasteiger partial charge in [0.1, 0.15) is 30.0 Å². The van der Waals surface area contributed by atoms with Gasteiger partial charge in [-0.25, -0.2) is 27.4 Å². The van der Waals surface area contributed by atoms with Crippen molar-refractivity contribution >= 4 is 29.2 Å². The van der Waals surface area contributed by atoms with Crippen molar-refractivity contribution in [3.63, 3.8) is 0 Å². The average molecular weight is 520 g/mol. The summed E-state index contributed by atoms with van der Waals surface area (Å²) in [5.41, 5.74) is 0.998. The lowest BCUT2D eigenvalue weighted by Gasteiger charge is -2.33. The van der Waals surface area contributed by atoms with Gasteiger partial charge in [-0.3, -0.25) is 14.3 Å². The fourth-order valence-electron chi connectivity index (χ4n) is 4.06. The maximum atomic E-state index is 14.1. The van der Waals surface area contributed by atoms with Gasteiger partial charge in [0.15, 0.2) is 0 Å². The number of anilines is 1. The first-order chi connectivity index (χ1) is 16.5. The van der Waals surface area contributed by atoms with Crippen LogP contribution in [0.25, 0.3) is 0 Å². The summed E-state index contributed by atoms with van der Waals surface area (Å²) in [6.07, 6.45) is -3.07. The average Bonchev–Trinajstić information content (AvgIpc) is 3.06. The molecule has 190 valence electrons. The number of nitrogens with one attached hydrogen (secondary N) is 1. The number of carbonyl (C=O) groups is 2. The number of amides is 3. The number of halogens is 5. The number of carbonyl (C=O) groups excluding carboxylic acids is 2. The Kier molecular flexibility index (Phi) is 7.20. The van der Waals surface area contributed by atoms with Crippen LogP contribution in [0.4, 0.5) is 28.0 Å². The molecule has 14 heteroatoms. The zero-order valence-electron chi connectivity index (χ0n) is 18.7. The van der Waals surface area contributed by atoms with Crippen LogP contribution in [0.1, 0.15) is 28.7 Å². The molecule has 1 aromatic carbocycles. The van der Waals surface area contributed by atoms with Gasteiger partial charge in [0, 0.05) is 31.1 Å². The van der Waals surface area contributed by atoms with E-state index in [1.807, 2.05) is 0 Å². The Balaban J connectivity index is 1.56. The van der Waals surface area contributed by atoms with Gasteiger partial charge in [0.25, 0.3) is 12.3 Å². The summed E-state index contributed by atoms with van der Waals surface area (Å²) in [5.74, 6) is -2.47. The number of hydroxylamine groups is 2. The number of aromatic nitrogens is 2. The van der Waals surface area contributed by atoms with Crippen molar-refractivity contribution in [2.75, 3.05) is 25.6 Å². The molecule has 35 heavy (non-hydrogen) atoms. The molecule has 1 aromatic heterocycles. The molecule has 2 aliphatic heterocycles. The Morgan fingerprint density at radius 3 is 2.80 bits per heavy atom. The highest BCUT2D eigenvalue weighted by atomic mass is 35.5. The number of alkyl halides is 2. The predicted molar refractivity (Wildman–Crippen MR) is 115 cm³/mol. The fraction of sp³-hybridized carbons (Fsp3) is 0.476. The number of urea groups is 1. The minimum atomic E-state index is -2.63. The first-order valence-electron chi connectivity index (χ1n) is 10.7. The van der Waals surface area contributed by atoms with E-state index in [-0.39, 0.29) is 42.1 Å². The first-order valence-corrected chi connectivity index (χ1v) is 11.0. The third-order valence-corrected chi connectivity index (χ3v) is 6.01. The lowest BCUT2D eigenvalue weighted by Crippen LogP contribution is -2.45. The van der Waals surface area contributed by atoms with Gasteiger partial charge in [0.05, 0.1) is 36.1 Å². The van der Waals surface area contributed by atoms with Gasteiger partial charge in [-0.05, 0) is 13.0 Å². The van der Waals surface area contributed by atoms with Crippen molar-refractivity contribution in [1.29, 1.82) is 0 Å². The summed E-state index contributed by atoms with van der Waals surface area (Å²) in [6.45, 7) is 0.880. The quantitative estimate of drug-likeness (QED) is 0.483. The normalized spacial score (nSPS) is 20.1. The van der Waals surface area contributed by atoms with Gasteiger partial charge < -0.3 is 15.0 Å². The highest BCUT2D eigenvalue weighted by molar-refractivity contribution is 6.31. The van der Waals surface area contributed by atoms with E-state index in [4.69, 9.17) is 21.2 Å². The topological polar surface area (TPSA) is 88.9 Å². The highest BCUT2D eigenvalue weighted by Gasteiger charge is 2.37. The molecule has 2 atom stereocenters. The molecule has 0 radical (unpaired) electrons. The third-order valence-electron chi connectivity index (χ3n) is 5.72. The van der Waals surface area contributed by atoms with Crippen molar-refractivity contribution < 1.29 is 36.7 Å². The van der Waals surface area contributed by atoms with Crippen LogP contribution < -0.4 is 5.32 Å². The van der Waals surface area contributed by atoms with Gasteiger partial charge in [-0.1, -0.05) is 11.6 Å². The Labute approximate surface area is 202 Å². The van der Waals surface area contributed by atoms with Crippen LogP contribution in [0.3, 0.4) is 0 Å². The van der Waals surface area contributed by atoms with Crippen LogP contribution in [-0.2, 0) is 29.1 Å². The maximum absolute atomic E-state index is 14.1. The third kappa shape index (κ3) is 5.21. The maximum Gasteiger partial charge on any atom is 0.322 e. The van der Waals surface area contributed by atoms with Crippen molar-refractivity contribution in [2.45, 2.75) is 45.0 Å². The second kappa shape index (κ2) is 9.99. The monoisotopic (exact) mass is 519 g/mol. The molecule has 3 heterocycles. The molecular weight excluding hydrogens is 498 g/mol. The molecule has 9 nitrogen and oxygen atoms in total. The second-order valence-corrected chi connectivity index (χ2v) is 8.68. The van der Waals surface area contributed by atoms with E-state index in [9.17, 15) is 27.2 Å². The van der Waals surface area contributed by atoms with Crippen molar-refractivity contribution in [1.82, 2.24) is 19.7 Å². The van der Waals surface area contributed by atoms with Crippen LogP contribution in [0.5, 0.6) is 0 Å². The Morgan fingerprint density at radius 2 is 2.09 bits per heavy atom. The number of ether oxygens (including phenoxy) is 1. The molecule has 2 aromatic rings. The molecule has 0 fully saturated rings. The fourth-order valence-corrected chi connectivity index (χ4v) is 4.23.